The number of nitrogens with zero attached hydrogens (tertiary/aromatic N) is 1. The molecule has 2 aromatic carbocycles. The molecule has 104 valence electrons. The third kappa shape index (κ3) is 3.42. The summed E-state index contributed by atoms with van der Waals surface area (Å²) in [6, 6.07) is 13.4. The summed E-state index contributed by atoms with van der Waals surface area (Å²) in [7, 11) is 1.98. The maximum Gasteiger partial charge on any atom is 0.104 e. The fourth-order valence-corrected chi connectivity index (χ4v) is 2.42. The molecule has 0 aliphatic carbocycles. The number of nitrogens with two attached hydrogens (primary N) is 1. The Morgan fingerprint density at radius 2 is 1.90 bits per heavy atom. The second kappa shape index (κ2) is 6.44. The van der Waals surface area contributed by atoms with E-state index < -0.39 is 0 Å². The van der Waals surface area contributed by atoms with Crippen LogP contribution in [0.25, 0.3) is 0 Å². The molecule has 0 atom stereocenters. The van der Waals surface area contributed by atoms with Crippen molar-refractivity contribution in [2.24, 2.45) is 5.73 Å². The summed E-state index contributed by atoms with van der Waals surface area (Å²) in [6.45, 7) is 0.653. The van der Waals surface area contributed by atoms with E-state index >= 15 is 0 Å². The molecule has 0 saturated carbocycles. The van der Waals surface area contributed by atoms with E-state index in [1.54, 1.807) is 6.07 Å². The van der Waals surface area contributed by atoms with E-state index in [0.29, 0.717) is 21.6 Å². The van der Waals surface area contributed by atoms with Crippen LogP contribution in [0.4, 0.5) is 5.69 Å². The average molecular weight is 325 g/mol. The number of rotatable bonds is 4. The van der Waals surface area contributed by atoms with Crippen LogP contribution >= 0.6 is 35.4 Å². The van der Waals surface area contributed by atoms with Crippen LogP contribution in [0.5, 0.6) is 0 Å². The minimum absolute atomic E-state index is 0.390. The van der Waals surface area contributed by atoms with E-state index in [2.05, 4.69) is 4.90 Å². The van der Waals surface area contributed by atoms with Crippen molar-refractivity contribution in [2.45, 2.75) is 6.54 Å². The van der Waals surface area contributed by atoms with Gasteiger partial charge in [0.1, 0.15) is 4.99 Å². The molecular formula is C15H14Cl2N2S. The Labute approximate surface area is 134 Å². The van der Waals surface area contributed by atoms with Crippen molar-refractivity contribution in [2.75, 3.05) is 11.9 Å². The monoisotopic (exact) mass is 324 g/mol. The van der Waals surface area contributed by atoms with E-state index in [0.717, 1.165) is 16.8 Å². The molecule has 5 heteroatoms. The van der Waals surface area contributed by atoms with Gasteiger partial charge in [-0.25, -0.2) is 0 Å². The first-order valence-corrected chi connectivity index (χ1v) is 7.19. The fraction of sp³-hybridized carbons (Fsp3) is 0.133. The van der Waals surface area contributed by atoms with Crippen LogP contribution in [0, 0.1) is 0 Å². The van der Waals surface area contributed by atoms with E-state index in [4.69, 9.17) is 41.2 Å². The third-order valence-corrected chi connectivity index (χ3v) is 4.10. The van der Waals surface area contributed by atoms with Gasteiger partial charge in [-0.3, -0.25) is 0 Å². The number of hydrogen-bond donors (Lipinski definition) is 1. The average Bonchev–Trinajstić information content (AvgIpc) is 2.44. The zero-order chi connectivity index (χ0) is 14.7. The van der Waals surface area contributed by atoms with Crippen molar-refractivity contribution in [3.63, 3.8) is 0 Å². The van der Waals surface area contributed by atoms with Gasteiger partial charge < -0.3 is 10.6 Å². The highest BCUT2D eigenvalue weighted by molar-refractivity contribution is 7.80. The van der Waals surface area contributed by atoms with E-state index in [9.17, 15) is 0 Å². The summed E-state index contributed by atoms with van der Waals surface area (Å²) < 4.78 is 0. The van der Waals surface area contributed by atoms with Crippen molar-refractivity contribution in [3.05, 3.63) is 63.6 Å². The van der Waals surface area contributed by atoms with Crippen molar-refractivity contribution in [3.8, 4) is 0 Å². The summed E-state index contributed by atoms with van der Waals surface area (Å²) in [6.07, 6.45) is 0. The lowest BCUT2D eigenvalue weighted by Gasteiger charge is -2.21. The van der Waals surface area contributed by atoms with Gasteiger partial charge in [0.25, 0.3) is 0 Å². The zero-order valence-corrected chi connectivity index (χ0v) is 13.3. The lowest BCUT2D eigenvalue weighted by atomic mass is 10.1. The number of benzene rings is 2. The van der Waals surface area contributed by atoms with E-state index in [-0.39, 0.29) is 0 Å². The number of halogens is 2. The van der Waals surface area contributed by atoms with Crippen molar-refractivity contribution in [1.82, 2.24) is 0 Å². The summed E-state index contributed by atoms with van der Waals surface area (Å²) in [5.41, 5.74) is 8.50. The van der Waals surface area contributed by atoms with Gasteiger partial charge in [0.05, 0.1) is 10.0 Å². The number of hydrogen-bond acceptors (Lipinski definition) is 2. The topological polar surface area (TPSA) is 29.3 Å². The lowest BCUT2D eigenvalue weighted by Crippen LogP contribution is -2.18. The molecule has 0 aliphatic heterocycles. The van der Waals surface area contributed by atoms with Crippen molar-refractivity contribution < 1.29 is 0 Å². The SMILES string of the molecule is CN(Cc1cccc(Cl)c1Cl)c1cccc(C(N)=S)c1. The Morgan fingerprint density at radius 3 is 2.60 bits per heavy atom. The number of anilines is 1. The lowest BCUT2D eigenvalue weighted by molar-refractivity contribution is 0.923. The smallest absolute Gasteiger partial charge is 0.104 e. The molecule has 0 amide bonds. The number of thiocarbonyl (C=S) groups is 1. The first-order valence-electron chi connectivity index (χ1n) is 6.03. The summed E-state index contributed by atoms with van der Waals surface area (Å²) in [4.78, 5) is 2.46. The van der Waals surface area contributed by atoms with Gasteiger partial charge in [-0.05, 0) is 23.8 Å². The zero-order valence-electron chi connectivity index (χ0n) is 10.9. The molecule has 2 aromatic rings. The molecule has 20 heavy (non-hydrogen) atoms. The Morgan fingerprint density at radius 1 is 1.20 bits per heavy atom. The van der Waals surface area contributed by atoms with Crippen molar-refractivity contribution in [1.29, 1.82) is 0 Å². The molecule has 2 rings (SSSR count). The Balaban J connectivity index is 2.24. The molecular weight excluding hydrogens is 311 g/mol. The van der Waals surface area contributed by atoms with Gasteiger partial charge in [-0.2, -0.15) is 0 Å². The Bertz CT molecular complexity index is 644. The first kappa shape index (κ1) is 15.1. The summed E-state index contributed by atoms with van der Waals surface area (Å²) in [5.74, 6) is 0. The highest BCUT2D eigenvalue weighted by Gasteiger charge is 2.09. The second-order valence-corrected chi connectivity index (χ2v) is 5.71. The molecule has 0 spiro atoms. The normalized spacial score (nSPS) is 10.3. The molecule has 2 N–H and O–H groups in total. The molecule has 0 fully saturated rings. The van der Waals surface area contributed by atoms with Gasteiger partial charge in [0.15, 0.2) is 0 Å². The van der Waals surface area contributed by atoms with Gasteiger partial charge in [-0.15, -0.1) is 0 Å². The standard InChI is InChI=1S/C15H14Cl2N2S/c1-19(9-11-5-3-7-13(16)14(11)17)12-6-2-4-10(8-12)15(18)20/h2-8H,9H2,1H3,(H2,18,20). The van der Waals surface area contributed by atoms with Gasteiger partial charge >= 0.3 is 0 Å². The van der Waals surface area contributed by atoms with Crippen LogP contribution in [-0.4, -0.2) is 12.0 Å². The predicted octanol–water partition coefficient (Wildman–Crippen LogP) is 4.26. The van der Waals surface area contributed by atoms with E-state index in [1.165, 1.54) is 0 Å². The molecule has 0 heterocycles. The molecule has 0 aliphatic rings. The second-order valence-electron chi connectivity index (χ2n) is 4.48. The molecule has 0 bridgehead atoms. The Kier molecular flexibility index (Phi) is 4.86. The molecule has 0 unspecified atom stereocenters. The fourth-order valence-electron chi connectivity index (χ4n) is 1.91. The third-order valence-electron chi connectivity index (χ3n) is 3.01. The van der Waals surface area contributed by atoms with Crippen LogP contribution in [0.2, 0.25) is 10.0 Å². The minimum atomic E-state index is 0.390. The van der Waals surface area contributed by atoms with E-state index in [1.807, 2.05) is 43.4 Å². The van der Waals surface area contributed by atoms with Crippen LogP contribution in [0.3, 0.4) is 0 Å². The highest BCUT2D eigenvalue weighted by atomic mass is 35.5. The maximum absolute atomic E-state index is 6.21. The highest BCUT2D eigenvalue weighted by Crippen LogP contribution is 2.27. The van der Waals surface area contributed by atoms with Gasteiger partial charge in [0.2, 0.25) is 0 Å². The summed E-state index contributed by atoms with van der Waals surface area (Å²) >= 11 is 17.2. The first-order chi connectivity index (χ1) is 9.49. The molecule has 0 radical (unpaired) electrons. The van der Waals surface area contributed by atoms with Crippen LogP contribution in [-0.2, 0) is 6.54 Å². The van der Waals surface area contributed by atoms with Crippen LogP contribution < -0.4 is 10.6 Å². The quantitative estimate of drug-likeness (QED) is 0.852. The molecule has 2 nitrogen and oxygen atoms in total. The summed E-state index contributed by atoms with van der Waals surface area (Å²) in [5, 5.41) is 1.15. The Hall–Kier alpha value is -1.29. The van der Waals surface area contributed by atoms with Gasteiger partial charge in [0, 0.05) is 24.8 Å². The van der Waals surface area contributed by atoms with Gasteiger partial charge in [-0.1, -0.05) is 59.7 Å². The molecule has 0 saturated heterocycles. The maximum atomic E-state index is 6.21. The predicted molar refractivity (Wildman–Crippen MR) is 90.9 cm³/mol. The largest absolute Gasteiger partial charge is 0.389 e. The minimum Gasteiger partial charge on any atom is -0.389 e. The van der Waals surface area contributed by atoms with Crippen molar-refractivity contribution >= 4 is 46.1 Å². The van der Waals surface area contributed by atoms with Crippen LogP contribution in [0.15, 0.2) is 42.5 Å². The van der Waals surface area contributed by atoms with Crippen LogP contribution in [0.1, 0.15) is 11.1 Å². The molecule has 0 aromatic heterocycles.